The summed E-state index contributed by atoms with van der Waals surface area (Å²) in [6.07, 6.45) is 3.27. The summed E-state index contributed by atoms with van der Waals surface area (Å²) < 4.78 is 10.4. The normalized spacial score (nSPS) is 22.3. The van der Waals surface area contributed by atoms with Crippen molar-refractivity contribution < 1.29 is 18.8 Å². The molecule has 0 radical (unpaired) electrons. The highest BCUT2D eigenvalue weighted by molar-refractivity contribution is 5.98. The summed E-state index contributed by atoms with van der Waals surface area (Å²) in [5.74, 6) is 0.495. The number of aryl methyl sites for hydroxylation is 1. The number of ether oxygens (including phenoxy) is 1. The van der Waals surface area contributed by atoms with Gasteiger partial charge in [0.2, 0.25) is 0 Å². The highest BCUT2D eigenvalue weighted by atomic mass is 16.5. The van der Waals surface area contributed by atoms with Crippen LogP contribution in [0, 0.1) is 18.8 Å². The quantitative estimate of drug-likeness (QED) is 0.811. The molecule has 0 unspecified atom stereocenters. The third-order valence-electron chi connectivity index (χ3n) is 5.50. The van der Waals surface area contributed by atoms with Crippen molar-refractivity contribution in [3.63, 3.8) is 0 Å². The van der Waals surface area contributed by atoms with E-state index in [0.717, 1.165) is 18.4 Å². The summed E-state index contributed by atoms with van der Waals surface area (Å²) in [5.41, 5.74) is 1.44. The van der Waals surface area contributed by atoms with Crippen molar-refractivity contribution in [2.24, 2.45) is 11.8 Å². The van der Waals surface area contributed by atoms with Gasteiger partial charge in [-0.1, -0.05) is 62.2 Å². The molecule has 6 heteroatoms. The van der Waals surface area contributed by atoms with Crippen LogP contribution in [-0.2, 0) is 9.53 Å². The molecule has 0 aliphatic heterocycles. The minimum absolute atomic E-state index is 0.136. The summed E-state index contributed by atoms with van der Waals surface area (Å²) in [4.78, 5) is 24.8. The van der Waals surface area contributed by atoms with E-state index in [9.17, 15) is 9.59 Å². The van der Waals surface area contributed by atoms with Gasteiger partial charge in [0.05, 0.1) is 0 Å². The lowest BCUT2D eigenvalue weighted by atomic mass is 9.78. The number of hydrogen-bond donors (Lipinski definition) is 1. The van der Waals surface area contributed by atoms with Crippen LogP contribution in [0.5, 0.6) is 0 Å². The number of aromatic nitrogens is 1. The minimum Gasteiger partial charge on any atom is -0.452 e. The van der Waals surface area contributed by atoms with Gasteiger partial charge in [-0.3, -0.25) is 4.79 Å². The van der Waals surface area contributed by atoms with Gasteiger partial charge in [0, 0.05) is 11.6 Å². The predicted octanol–water partition coefficient (Wildman–Crippen LogP) is 3.75. The Kier molecular flexibility index (Phi) is 5.94. The number of nitrogens with zero attached hydrogens (tertiary/aromatic N) is 1. The molecule has 6 nitrogen and oxygen atoms in total. The fourth-order valence-corrected chi connectivity index (χ4v) is 3.64. The van der Waals surface area contributed by atoms with E-state index >= 15 is 0 Å². The lowest BCUT2D eigenvalue weighted by Crippen LogP contribution is -2.45. The first kappa shape index (κ1) is 19.1. The number of esters is 1. The maximum Gasteiger partial charge on any atom is 0.344 e. The maximum atomic E-state index is 12.5. The van der Waals surface area contributed by atoms with E-state index in [1.165, 1.54) is 6.42 Å². The summed E-state index contributed by atoms with van der Waals surface area (Å²) in [5, 5.41) is 6.98. The lowest BCUT2D eigenvalue weighted by molar-refractivity contribution is -0.125. The highest BCUT2D eigenvalue weighted by Gasteiger charge is 2.29. The van der Waals surface area contributed by atoms with Crippen LogP contribution in [0.15, 0.2) is 34.9 Å². The number of carbonyl (C=O) groups excluding carboxylic acids is 2. The number of benzene rings is 1. The Morgan fingerprint density at radius 3 is 2.70 bits per heavy atom. The number of rotatable bonds is 5. The van der Waals surface area contributed by atoms with E-state index < -0.39 is 5.97 Å². The van der Waals surface area contributed by atoms with Gasteiger partial charge in [0.25, 0.3) is 5.91 Å². The molecule has 27 heavy (non-hydrogen) atoms. The van der Waals surface area contributed by atoms with Crippen LogP contribution in [0.3, 0.4) is 0 Å². The molecule has 1 saturated carbocycles. The van der Waals surface area contributed by atoms with E-state index in [1.807, 2.05) is 30.3 Å². The second-order valence-corrected chi connectivity index (χ2v) is 7.35. The summed E-state index contributed by atoms with van der Waals surface area (Å²) in [6.45, 7) is 5.71. The Balaban J connectivity index is 1.61. The smallest absolute Gasteiger partial charge is 0.344 e. The minimum atomic E-state index is -0.604. The molecule has 1 N–H and O–H groups in total. The van der Waals surface area contributed by atoms with E-state index in [0.29, 0.717) is 23.3 Å². The van der Waals surface area contributed by atoms with Crippen molar-refractivity contribution in [3.05, 3.63) is 41.7 Å². The molecular formula is C21H26N2O4. The molecule has 1 aromatic heterocycles. The van der Waals surface area contributed by atoms with Gasteiger partial charge in [-0.15, -0.1) is 0 Å². The van der Waals surface area contributed by atoms with Crippen molar-refractivity contribution >= 4 is 11.9 Å². The van der Waals surface area contributed by atoms with E-state index in [1.54, 1.807) is 6.92 Å². The maximum absolute atomic E-state index is 12.5. The zero-order valence-electron chi connectivity index (χ0n) is 16.0. The van der Waals surface area contributed by atoms with Gasteiger partial charge in [-0.2, -0.15) is 0 Å². The largest absolute Gasteiger partial charge is 0.452 e. The fourth-order valence-electron chi connectivity index (χ4n) is 3.64. The first-order chi connectivity index (χ1) is 13.0. The summed E-state index contributed by atoms with van der Waals surface area (Å²) in [6, 6.07) is 9.41. The Morgan fingerprint density at radius 1 is 1.22 bits per heavy atom. The molecular weight excluding hydrogens is 344 g/mol. The van der Waals surface area contributed by atoms with E-state index in [2.05, 4.69) is 24.3 Å². The number of amides is 1. The summed E-state index contributed by atoms with van der Waals surface area (Å²) >= 11 is 0. The average molecular weight is 370 g/mol. The zero-order valence-corrected chi connectivity index (χ0v) is 16.0. The van der Waals surface area contributed by atoms with Crippen LogP contribution in [0.25, 0.3) is 11.3 Å². The average Bonchev–Trinajstić information content (AvgIpc) is 3.06. The van der Waals surface area contributed by atoms with Crippen LogP contribution in [0.2, 0.25) is 0 Å². The molecule has 1 amide bonds. The van der Waals surface area contributed by atoms with Gasteiger partial charge >= 0.3 is 5.97 Å². The molecule has 1 aromatic carbocycles. The van der Waals surface area contributed by atoms with Gasteiger partial charge < -0.3 is 14.6 Å². The molecule has 3 atom stereocenters. The monoisotopic (exact) mass is 370 g/mol. The highest BCUT2D eigenvalue weighted by Crippen LogP contribution is 2.29. The topological polar surface area (TPSA) is 81.4 Å². The first-order valence-corrected chi connectivity index (χ1v) is 9.45. The van der Waals surface area contributed by atoms with Crippen LogP contribution in [-0.4, -0.2) is 29.7 Å². The van der Waals surface area contributed by atoms with E-state index in [-0.39, 0.29) is 24.1 Å². The molecule has 144 valence electrons. The van der Waals surface area contributed by atoms with Gasteiger partial charge in [-0.25, -0.2) is 4.79 Å². The molecule has 1 heterocycles. The van der Waals surface area contributed by atoms with Crippen LogP contribution in [0.1, 0.15) is 49.2 Å². The molecule has 3 rings (SSSR count). The van der Waals surface area contributed by atoms with Crippen LogP contribution >= 0.6 is 0 Å². The van der Waals surface area contributed by atoms with Crippen LogP contribution < -0.4 is 5.32 Å². The molecule has 1 aliphatic carbocycles. The molecule has 0 saturated heterocycles. The third-order valence-corrected chi connectivity index (χ3v) is 5.50. The van der Waals surface area contributed by atoms with Crippen molar-refractivity contribution in [2.45, 2.75) is 46.1 Å². The summed E-state index contributed by atoms with van der Waals surface area (Å²) in [7, 11) is 0. The zero-order chi connectivity index (χ0) is 19.4. The standard InChI is InChI=1S/C21H26N2O4/c1-13-8-7-11-17(14(13)2)22-18(24)12-26-21(25)19-15(3)27-23-20(19)16-9-5-4-6-10-16/h4-6,9-10,13-14,17H,7-8,11-12H2,1-3H3,(H,22,24)/t13-,14-,17+/m0/s1. The van der Waals surface area contributed by atoms with E-state index in [4.69, 9.17) is 9.26 Å². The molecule has 2 aromatic rings. The molecule has 1 aliphatic rings. The fraction of sp³-hybridized carbons (Fsp3) is 0.476. The Hall–Kier alpha value is -2.63. The third kappa shape index (κ3) is 4.38. The number of nitrogens with one attached hydrogen (secondary N) is 1. The number of carbonyl (C=O) groups is 2. The van der Waals surface area contributed by atoms with Crippen molar-refractivity contribution in [1.82, 2.24) is 10.5 Å². The second kappa shape index (κ2) is 8.37. The first-order valence-electron chi connectivity index (χ1n) is 9.45. The SMILES string of the molecule is Cc1onc(-c2ccccc2)c1C(=O)OCC(=O)N[C@@H]1CCC[C@H](C)[C@@H]1C. The van der Waals surface area contributed by atoms with Gasteiger partial charge in [-0.05, 0) is 25.2 Å². The molecule has 0 bridgehead atoms. The Morgan fingerprint density at radius 2 is 1.96 bits per heavy atom. The van der Waals surface area contributed by atoms with Gasteiger partial charge in [0.15, 0.2) is 6.61 Å². The molecule has 1 fully saturated rings. The lowest BCUT2D eigenvalue weighted by Gasteiger charge is -2.34. The van der Waals surface area contributed by atoms with Crippen molar-refractivity contribution in [3.8, 4) is 11.3 Å². The Bertz CT molecular complexity index is 800. The van der Waals surface area contributed by atoms with Crippen molar-refractivity contribution in [2.75, 3.05) is 6.61 Å². The predicted molar refractivity (Wildman–Crippen MR) is 101 cm³/mol. The van der Waals surface area contributed by atoms with Crippen LogP contribution in [0.4, 0.5) is 0 Å². The second-order valence-electron chi connectivity index (χ2n) is 7.35. The van der Waals surface area contributed by atoms with Gasteiger partial charge in [0.1, 0.15) is 17.0 Å². The molecule has 0 spiro atoms. The number of hydrogen-bond acceptors (Lipinski definition) is 5. The Labute approximate surface area is 159 Å². The van der Waals surface area contributed by atoms with Crippen molar-refractivity contribution in [1.29, 1.82) is 0 Å².